The molecular formula is C24H32O4. The Balaban J connectivity index is 0.000000416. The Morgan fingerprint density at radius 2 is 1.14 bits per heavy atom. The van der Waals surface area contributed by atoms with E-state index in [2.05, 4.69) is 18.6 Å². The summed E-state index contributed by atoms with van der Waals surface area (Å²) in [7, 11) is 0. The summed E-state index contributed by atoms with van der Waals surface area (Å²) in [5.74, 6) is 0.480. The molecule has 0 radical (unpaired) electrons. The van der Waals surface area contributed by atoms with E-state index in [1.165, 1.54) is 11.1 Å². The van der Waals surface area contributed by atoms with Gasteiger partial charge in [-0.15, -0.1) is 0 Å². The number of benzene rings is 2. The Bertz CT molecular complexity index is 680. The fourth-order valence-electron chi connectivity index (χ4n) is 2.95. The minimum absolute atomic E-state index is 0.0880. The van der Waals surface area contributed by atoms with Crippen molar-refractivity contribution in [3.05, 3.63) is 59.7 Å². The van der Waals surface area contributed by atoms with Gasteiger partial charge < -0.3 is 14.9 Å². The van der Waals surface area contributed by atoms with Crippen LogP contribution in [0.5, 0.6) is 11.5 Å². The van der Waals surface area contributed by atoms with Crippen molar-refractivity contribution in [2.45, 2.75) is 53.4 Å². The largest absolute Gasteiger partial charge is 0.508 e. The van der Waals surface area contributed by atoms with Gasteiger partial charge in [0.25, 0.3) is 0 Å². The predicted molar refractivity (Wildman–Crippen MR) is 115 cm³/mol. The van der Waals surface area contributed by atoms with E-state index in [4.69, 9.17) is 0 Å². The van der Waals surface area contributed by atoms with Crippen molar-refractivity contribution in [2.75, 3.05) is 6.61 Å². The summed E-state index contributed by atoms with van der Waals surface area (Å²) in [5, 5.41) is 18.8. The molecule has 0 fully saturated rings. The fraction of sp³-hybridized carbons (Fsp3) is 0.375. The molecule has 2 aromatic carbocycles. The number of carbonyl (C=O) groups is 1. The summed E-state index contributed by atoms with van der Waals surface area (Å²) in [6, 6.07) is 14.7. The van der Waals surface area contributed by atoms with E-state index in [1.54, 1.807) is 24.3 Å². The predicted octanol–water partition coefficient (Wildman–Crippen LogP) is 6.18. The van der Waals surface area contributed by atoms with Crippen LogP contribution in [0.2, 0.25) is 0 Å². The Morgan fingerprint density at radius 3 is 1.43 bits per heavy atom. The molecule has 0 aromatic heterocycles. The molecule has 0 aliphatic heterocycles. The van der Waals surface area contributed by atoms with E-state index >= 15 is 0 Å². The molecule has 0 heterocycles. The number of ether oxygens (including phenoxy) is 1. The standard InChI is InChI=1S/C18H20O2.C6H12O2/c1-3-17(13-5-9-15(19)10-6-13)18(4-2)14-7-11-16(20)12-8-14;1-3-5-6(7)8-4-2/h5-12,19-20H,3-4H2,1-2H3;3-5H2,1-2H3/b18-17+;. The van der Waals surface area contributed by atoms with Gasteiger partial charge in [-0.05, 0) is 72.7 Å². The van der Waals surface area contributed by atoms with Crippen LogP contribution in [-0.4, -0.2) is 22.8 Å². The van der Waals surface area contributed by atoms with Gasteiger partial charge in [-0.1, -0.05) is 45.0 Å². The third-order valence-corrected chi connectivity index (χ3v) is 4.26. The van der Waals surface area contributed by atoms with Gasteiger partial charge in [0, 0.05) is 6.42 Å². The van der Waals surface area contributed by atoms with Gasteiger partial charge in [0.05, 0.1) is 6.61 Å². The molecule has 28 heavy (non-hydrogen) atoms. The second-order valence-corrected chi connectivity index (χ2v) is 6.31. The molecule has 0 bridgehead atoms. The average Bonchev–Trinajstić information content (AvgIpc) is 2.69. The number of phenols is 2. The highest BCUT2D eigenvalue weighted by Crippen LogP contribution is 2.32. The summed E-state index contributed by atoms with van der Waals surface area (Å²) in [5.41, 5.74) is 4.82. The van der Waals surface area contributed by atoms with E-state index < -0.39 is 0 Å². The topological polar surface area (TPSA) is 66.8 Å². The molecule has 0 amide bonds. The molecule has 152 valence electrons. The Morgan fingerprint density at radius 1 is 0.750 bits per heavy atom. The van der Waals surface area contributed by atoms with E-state index in [-0.39, 0.29) is 17.5 Å². The minimum atomic E-state index is -0.0880. The zero-order valence-corrected chi connectivity index (χ0v) is 17.4. The summed E-state index contributed by atoms with van der Waals surface area (Å²) in [6.45, 7) is 8.54. The first kappa shape index (κ1) is 23.3. The van der Waals surface area contributed by atoms with Crippen LogP contribution in [0.15, 0.2) is 48.5 Å². The van der Waals surface area contributed by atoms with Gasteiger partial charge in [-0.2, -0.15) is 0 Å². The summed E-state index contributed by atoms with van der Waals surface area (Å²) >= 11 is 0. The molecule has 0 saturated heterocycles. The second kappa shape index (κ2) is 12.6. The van der Waals surface area contributed by atoms with Crippen LogP contribution < -0.4 is 0 Å². The smallest absolute Gasteiger partial charge is 0.305 e. The van der Waals surface area contributed by atoms with Crippen molar-refractivity contribution < 1.29 is 19.7 Å². The van der Waals surface area contributed by atoms with Crippen molar-refractivity contribution >= 4 is 17.1 Å². The van der Waals surface area contributed by atoms with Crippen LogP contribution in [0.4, 0.5) is 0 Å². The molecule has 0 unspecified atom stereocenters. The van der Waals surface area contributed by atoms with Gasteiger partial charge in [0.2, 0.25) is 0 Å². The average molecular weight is 385 g/mol. The van der Waals surface area contributed by atoms with Gasteiger partial charge in [-0.3, -0.25) is 4.79 Å². The van der Waals surface area contributed by atoms with Gasteiger partial charge in [-0.25, -0.2) is 0 Å². The van der Waals surface area contributed by atoms with Crippen molar-refractivity contribution in [2.24, 2.45) is 0 Å². The number of aromatic hydroxyl groups is 2. The summed E-state index contributed by atoms with van der Waals surface area (Å²) < 4.78 is 4.64. The molecule has 2 N–H and O–H groups in total. The highest BCUT2D eigenvalue weighted by Gasteiger charge is 2.09. The first-order valence-electron chi connectivity index (χ1n) is 9.93. The van der Waals surface area contributed by atoms with E-state index in [0.29, 0.717) is 13.0 Å². The van der Waals surface area contributed by atoms with Crippen molar-refractivity contribution in [1.82, 2.24) is 0 Å². The van der Waals surface area contributed by atoms with Crippen LogP contribution in [-0.2, 0) is 9.53 Å². The Kier molecular flexibility index (Phi) is 10.5. The monoisotopic (exact) mass is 384 g/mol. The van der Waals surface area contributed by atoms with Crippen molar-refractivity contribution in [1.29, 1.82) is 0 Å². The summed E-state index contributed by atoms with van der Waals surface area (Å²) in [6.07, 6.45) is 3.27. The fourth-order valence-corrected chi connectivity index (χ4v) is 2.95. The molecule has 0 saturated carbocycles. The molecule has 2 aromatic rings. The van der Waals surface area contributed by atoms with E-state index in [0.717, 1.165) is 30.4 Å². The molecule has 2 rings (SSSR count). The zero-order chi connectivity index (χ0) is 20.9. The number of hydrogen-bond donors (Lipinski definition) is 2. The Hall–Kier alpha value is -2.75. The Labute approximate surface area is 168 Å². The highest BCUT2D eigenvalue weighted by atomic mass is 16.5. The van der Waals surface area contributed by atoms with Crippen LogP contribution in [0.3, 0.4) is 0 Å². The highest BCUT2D eigenvalue weighted by molar-refractivity contribution is 5.90. The lowest BCUT2D eigenvalue weighted by Crippen LogP contribution is -2.01. The third kappa shape index (κ3) is 7.47. The molecule has 4 heteroatoms. The molecular weight excluding hydrogens is 352 g/mol. The molecule has 0 spiro atoms. The third-order valence-electron chi connectivity index (χ3n) is 4.26. The number of phenolic OH excluding ortho intramolecular Hbond substituents is 2. The first-order chi connectivity index (χ1) is 13.5. The SMILES string of the molecule is CC/C(=C(/CC)c1ccc(O)cc1)c1ccc(O)cc1.CCCC(=O)OCC. The molecule has 0 aliphatic rings. The van der Waals surface area contributed by atoms with Crippen molar-refractivity contribution in [3.63, 3.8) is 0 Å². The summed E-state index contributed by atoms with van der Waals surface area (Å²) in [4.78, 5) is 10.4. The van der Waals surface area contributed by atoms with Gasteiger partial charge >= 0.3 is 5.97 Å². The quantitative estimate of drug-likeness (QED) is 0.442. The van der Waals surface area contributed by atoms with Crippen molar-refractivity contribution in [3.8, 4) is 11.5 Å². The maximum absolute atomic E-state index is 10.4. The minimum Gasteiger partial charge on any atom is -0.508 e. The van der Waals surface area contributed by atoms with Crippen LogP contribution in [0, 0.1) is 0 Å². The maximum Gasteiger partial charge on any atom is 0.305 e. The maximum atomic E-state index is 10.4. The van der Waals surface area contributed by atoms with Crippen LogP contribution >= 0.6 is 0 Å². The lowest BCUT2D eigenvalue weighted by Gasteiger charge is -2.14. The lowest BCUT2D eigenvalue weighted by atomic mass is 9.91. The number of hydrogen-bond acceptors (Lipinski definition) is 4. The number of carbonyl (C=O) groups excluding carboxylic acids is 1. The number of allylic oxidation sites excluding steroid dienone is 2. The zero-order valence-electron chi connectivity index (χ0n) is 17.4. The van der Waals surface area contributed by atoms with Crippen LogP contribution in [0.1, 0.15) is 64.5 Å². The van der Waals surface area contributed by atoms with E-state index in [1.807, 2.05) is 38.1 Å². The lowest BCUT2D eigenvalue weighted by molar-refractivity contribution is -0.143. The second-order valence-electron chi connectivity index (χ2n) is 6.31. The van der Waals surface area contributed by atoms with Crippen LogP contribution in [0.25, 0.3) is 11.1 Å². The van der Waals surface area contributed by atoms with Gasteiger partial charge in [0.1, 0.15) is 11.5 Å². The van der Waals surface area contributed by atoms with Gasteiger partial charge in [0.15, 0.2) is 0 Å². The normalized spacial score (nSPS) is 11.1. The number of rotatable bonds is 7. The molecule has 0 atom stereocenters. The first-order valence-corrected chi connectivity index (χ1v) is 9.93. The van der Waals surface area contributed by atoms with E-state index in [9.17, 15) is 15.0 Å². The molecule has 0 aliphatic carbocycles. The molecule has 4 nitrogen and oxygen atoms in total. The number of esters is 1.